The molecule has 0 saturated heterocycles. The largest absolute Gasteiger partial charge is 0.353 e. The Hall–Kier alpha value is -1.29. The van der Waals surface area contributed by atoms with Crippen LogP contribution in [0.2, 0.25) is 0 Å². The van der Waals surface area contributed by atoms with Gasteiger partial charge in [-0.05, 0) is 54.2 Å². The van der Waals surface area contributed by atoms with E-state index < -0.39 is 0 Å². The van der Waals surface area contributed by atoms with Crippen molar-refractivity contribution >= 4 is 21.9 Å². The zero-order valence-electron chi connectivity index (χ0n) is 12.0. The van der Waals surface area contributed by atoms with Crippen LogP contribution in [0.3, 0.4) is 0 Å². The lowest BCUT2D eigenvalue weighted by atomic mass is 10.2. The lowest BCUT2D eigenvalue weighted by Crippen LogP contribution is -2.17. The standard InChI is InChI=1S/C16H20BrN3/c1-11-6-5-9-14(15(11)17)20-10-12(2)18-16(20)19-13-7-3-4-8-13/h5-6,9-10,13H,3-4,7-8H2,1-2H3,(H,18,19). The maximum atomic E-state index is 4.65. The number of aryl methyl sites for hydroxylation is 2. The third-order valence-corrected chi connectivity index (χ3v) is 4.98. The average molecular weight is 334 g/mol. The number of rotatable bonds is 3. The molecule has 1 aliphatic carbocycles. The molecular formula is C16H20BrN3. The minimum absolute atomic E-state index is 0.569. The third kappa shape index (κ3) is 2.62. The molecule has 0 bridgehead atoms. The van der Waals surface area contributed by atoms with Crippen molar-refractivity contribution in [1.29, 1.82) is 0 Å². The van der Waals surface area contributed by atoms with Crippen LogP contribution in [0.15, 0.2) is 28.9 Å². The van der Waals surface area contributed by atoms with E-state index in [2.05, 4.69) is 62.1 Å². The molecule has 0 amide bonds. The van der Waals surface area contributed by atoms with Crippen molar-refractivity contribution in [1.82, 2.24) is 9.55 Å². The van der Waals surface area contributed by atoms with Gasteiger partial charge in [0.25, 0.3) is 0 Å². The molecule has 4 heteroatoms. The molecule has 1 aromatic heterocycles. The fourth-order valence-electron chi connectivity index (χ4n) is 2.85. The zero-order valence-corrected chi connectivity index (χ0v) is 13.6. The molecule has 0 atom stereocenters. The van der Waals surface area contributed by atoms with E-state index in [9.17, 15) is 0 Å². The molecule has 0 radical (unpaired) electrons. The highest BCUT2D eigenvalue weighted by molar-refractivity contribution is 9.10. The summed E-state index contributed by atoms with van der Waals surface area (Å²) >= 11 is 3.70. The Morgan fingerprint density at radius 3 is 2.75 bits per heavy atom. The second-order valence-corrected chi connectivity index (χ2v) is 6.40. The number of imidazole rings is 1. The first-order chi connectivity index (χ1) is 9.65. The van der Waals surface area contributed by atoms with Gasteiger partial charge in [0.05, 0.1) is 11.4 Å². The smallest absolute Gasteiger partial charge is 0.207 e. The second-order valence-electron chi connectivity index (χ2n) is 5.61. The Balaban J connectivity index is 1.98. The van der Waals surface area contributed by atoms with Crippen molar-refractivity contribution in [2.45, 2.75) is 45.6 Å². The van der Waals surface area contributed by atoms with E-state index >= 15 is 0 Å². The van der Waals surface area contributed by atoms with Crippen molar-refractivity contribution < 1.29 is 0 Å². The van der Waals surface area contributed by atoms with Crippen LogP contribution < -0.4 is 5.32 Å². The van der Waals surface area contributed by atoms with Gasteiger partial charge < -0.3 is 5.32 Å². The van der Waals surface area contributed by atoms with Gasteiger partial charge in [-0.1, -0.05) is 25.0 Å². The fourth-order valence-corrected chi connectivity index (χ4v) is 3.31. The van der Waals surface area contributed by atoms with Gasteiger partial charge in [-0.15, -0.1) is 0 Å². The number of aromatic nitrogens is 2. The summed E-state index contributed by atoms with van der Waals surface area (Å²) in [7, 11) is 0. The van der Waals surface area contributed by atoms with Crippen LogP contribution in [0.4, 0.5) is 5.95 Å². The van der Waals surface area contributed by atoms with Crippen molar-refractivity contribution in [2.24, 2.45) is 0 Å². The molecule has 1 aromatic carbocycles. The van der Waals surface area contributed by atoms with Gasteiger partial charge in [-0.25, -0.2) is 4.98 Å². The molecule has 2 aromatic rings. The Labute approximate surface area is 128 Å². The van der Waals surface area contributed by atoms with Crippen LogP contribution in [-0.2, 0) is 0 Å². The van der Waals surface area contributed by atoms with E-state index in [0.29, 0.717) is 6.04 Å². The molecule has 0 aliphatic heterocycles. The van der Waals surface area contributed by atoms with E-state index in [4.69, 9.17) is 0 Å². The van der Waals surface area contributed by atoms with Crippen molar-refractivity contribution in [3.05, 3.63) is 40.1 Å². The Morgan fingerprint density at radius 2 is 2.00 bits per heavy atom. The van der Waals surface area contributed by atoms with Gasteiger partial charge in [0.2, 0.25) is 5.95 Å². The molecule has 1 heterocycles. The molecule has 3 nitrogen and oxygen atoms in total. The van der Waals surface area contributed by atoms with E-state index in [1.807, 2.05) is 6.92 Å². The summed E-state index contributed by atoms with van der Waals surface area (Å²) in [6.45, 7) is 4.15. The van der Waals surface area contributed by atoms with Gasteiger partial charge in [0, 0.05) is 16.7 Å². The monoisotopic (exact) mass is 333 g/mol. The topological polar surface area (TPSA) is 29.9 Å². The molecular weight excluding hydrogens is 314 g/mol. The van der Waals surface area contributed by atoms with E-state index in [1.165, 1.54) is 31.2 Å². The van der Waals surface area contributed by atoms with Gasteiger partial charge >= 0.3 is 0 Å². The van der Waals surface area contributed by atoms with Crippen LogP contribution in [-0.4, -0.2) is 15.6 Å². The first-order valence-corrected chi connectivity index (χ1v) is 8.02. The fraction of sp³-hybridized carbons (Fsp3) is 0.438. The zero-order chi connectivity index (χ0) is 14.1. The predicted molar refractivity (Wildman–Crippen MR) is 86.6 cm³/mol. The van der Waals surface area contributed by atoms with Crippen molar-refractivity contribution in [2.75, 3.05) is 5.32 Å². The molecule has 1 aliphatic rings. The lowest BCUT2D eigenvalue weighted by Gasteiger charge is -2.16. The first kappa shape index (κ1) is 13.7. The number of hydrogen-bond donors (Lipinski definition) is 1. The highest BCUT2D eigenvalue weighted by Gasteiger charge is 2.18. The van der Waals surface area contributed by atoms with Gasteiger partial charge in [0.15, 0.2) is 0 Å². The third-order valence-electron chi connectivity index (χ3n) is 3.95. The molecule has 0 unspecified atom stereocenters. The molecule has 1 fully saturated rings. The summed E-state index contributed by atoms with van der Waals surface area (Å²) in [5.41, 5.74) is 3.42. The quantitative estimate of drug-likeness (QED) is 0.889. The molecule has 106 valence electrons. The summed E-state index contributed by atoms with van der Waals surface area (Å²) in [6.07, 6.45) is 7.25. The van der Waals surface area contributed by atoms with E-state index in [1.54, 1.807) is 0 Å². The lowest BCUT2D eigenvalue weighted by molar-refractivity contribution is 0.740. The number of benzene rings is 1. The van der Waals surface area contributed by atoms with Crippen LogP contribution >= 0.6 is 15.9 Å². The summed E-state index contributed by atoms with van der Waals surface area (Å²) in [5.74, 6) is 0.959. The normalized spacial score (nSPS) is 15.8. The number of hydrogen-bond acceptors (Lipinski definition) is 2. The van der Waals surface area contributed by atoms with Crippen LogP contribution in [0.25, 0.3) is 5.69 Å². The maximum absolute atomic E-state index is 4.65. The number of anilines is 1. The van der Waals surface area contributed by atoms with Crippen LogP contribution in [0, 0.1) is 13.8 Å². The SMILES string of the molecule is Cc1cn(-c2cccc(C)c2Br)c(NC2CCCC2)n1. The number of nitrogens with one attached hydrogen (secondary N) is 1. The van der Waals surface area contributed by atoms with E-state index in [0.717, 1.165) is 21.8 Å². The maximum Gasteiger partial charge on any atom is 0.207 e. The molecule has 20 heavy (non-hydrogen) atoms. The Kier molecular flexibility index (Phi) is 3.83. The van der Waals surface area contributed by atoms with Crippen molar-refractivity contribution in [3.63, 3.8) is 0 Å². The minimum atomic E-state index is 0.569. The van der Waals surface area contributed by atoms with Gasteiger partial charge in [0.1, 0.15) is 0 Å². The summed E-state index contributed by atoms with van der Waals surface area (Å²) in [5, 5.41) is 3.61. The molecule has 1 N–H and O–H groups in total. The second kappa shape index (κ2) is 5.60. The first-order valence-electron chi connectivity index (χ1n) is 7.23. The highest BCUT2D eigenvalue weighted by atomic mass is 79.9. The molecule has 1 saturated carbocycles. The molecule has 0 spiro atoms. The summed E-state index contributed by atoms with van der Waals surface area (Å²) < 4.78 is 3.29. The number of halogens is 1. The minimum Gasteiger partial charge on any atom is -0.353 e. The van der Waals surface area contributed by atoms with Crippen LogP contribution in [0.5, 0.6) is 0 Å². The number of nitrogens with zero attached hydrogens (tertiary/aromatic N) is 2. The van der Waals surface area contributed by atoms with E-state index in [-0.39, 0.29) is 0 Å². The summed E-state index contributed by atoms with van der Waals surface area (Å²) in [6, 6.07) is 6.89. The Bertz CT molecular complexity index is 612. The van der Waals surface area contributed by atoms with Gasteiger partial charge in [-0.2, -0.15) is 0 Å². The predicted octanol–water partition coefficient (Wildman–Crippen LogP) is 4.61. The average Bonchev–Trinajstić information content (AvgIpc) is 3.03. The van der Waals surface area contributed by atoms with Crippen LogP contribution in [0.1, 0.15) is 36.9 Å². The summed E-state index contributed by atoms with van der Waals surface area (Å²) in [4.78, 5) is 4.65. The Morgan fingerprint density at radius 1 is 1.25 bits per heavy atom. The van der Waals surface area contributed by atoms with Gasteiger partial charge in [-0.3, -0.25) is 4.57 Å². The van der Waals surface area contributed by atoms with Crippen molar-refractivity contribution in [3.8, 4) is 5.69 Å². The highest BCUT2D eigenvalue weighted by Crippen LogP contribution is 2.29. The molecule has 3 rings (SSSR count).